The fraction of sp³-hybridized carbons (Fsp3) is 0.500. The van der Waals surface area contributed by atoms with Gasteiger partial charge in [0.15, 0.2) is 0 Å². The summed E-state index contributed by atoms with van der Waals surface area (Å²) < 4.78 is 0. The molecule has 1 atom stereocenters. The Morgan fingerprint density at radius 1 is 1.65 bits per heavy atom. The Morgan fingerprint density at radius 3 is 3.15 bits per heavy atom. The number of carbonyl (C=O) groups excluding carboxylic acids is 1. The minimum Gasteiger partial charge on any atom is -0.365 e. The molecule has 1 aliphatic rings. The van der Waals surface area contributed by atoms with E-state index in [4.69, 9.17) is 0 Å². The van der Waals surface area contributed by atoms with Crippen LogP contribution in [0, 0.1) is 6.92 Å². The summed E-state index contributed by atoms with van der Waals surface area (Å²) in [5, 5.41) is 3.45. The number of amides is 1. The molecule has 0 spiro atoms. The summed E-state index contributed by atoms with van der Waals surface area (Å²) in [6, 6.07) is 0.229. The van der Waals surface area contributed by atoms with Gasteiger partial charge in [0, 0.05) is 25.3 Å². The highest BCUT2D eigenvalue weighted by molar-refractivity contribution is 7.98. The molecule has 108 valence electrons. The second-order valence-electron chi connectivity index (χ2n) is 4.81. The predicted octanol–water partition coefficient (Wildman–Crippen LogP) is 2.10. The van der Waals surface area contributed by atoms with E-state index in [9.17, 15) is 4.79 Å². The van der Waals surface area contributed by atoms with E-state index >= 15 is 0 Å². The van der Waals surface area contributed by atoms with Crippen molar-refractivity contribution in [3.8, 4) is 0 Å². The van der Waals surface area contributed by atoms with Crippen molar-refractivity contribution in [3.05, 3.63) is 24.7 Å². The van der Waals surface area contributed by atoms with Gasteiger partial charge in [-0.15, -0.1) is 11.8 Å². The Bertz CT molecular complexity index is 506. The molecule has 1 amide bonds. The lowest BCUT2D eigenvalue weighted by Crippen LogP contribution is -2.44. The average Bonchev–Trinajstić information content (AvgIpc) is 2.47. The van der Waals surface area contributed by atoms with E-state index in [0.717, 1.165) is 35.9 Å². The molecule has 1 aromatic heterocycles. The van der Waals surface area contributed by atoms with Crippen LogP contribution in [0.25, 0.3) is 0 Å². The molecule has 1 aliphatic heterocycles. The van der Waals surface area contributed by atoms with Crippen LogP contribution in [0.3, 0.4) is 0 Å². The zero-order valence-corrected chi connectivity index (χ0v) is 12.7. The standard InChI is InChI=1S/C14H20N4OS/c1-4-13(19)18-7-5-6-11(9-18)17-14-12(20-3)8-15-10(2)16-14/h4,8,11H,1,5-7,9H2,2-3H3,(H,15,16,17)/t11-/m1/s1. The van der Waals surface area contributed by atoms with E-state index in [-0.39, 0.29) is 11.9 Å². The highest BCUT2D eigenvalue weighted by Gasteiger charge is 2.23. The number of hydrogen-bond donors (Lipinski definition) is 1. The van der Waals surface area contributed by atoms with Crippen molar-refractivity contribution in [3.63, 3.8) is 0 Å². The van der Waals surface area contributed by atoms with E-state index < -0.39 is 0 Å². The van der Waals surface area contributed by atoms with Gasteiger partial charge >= 0.3 is 0 Å². The molecule has 2 rings (SSSR count). The maximum absolute atomic E-state index is 11.7. The second-order valence-corrected chi connectivity index (χ2v) is 5.65. The largest absolute Gasteiger partial charge is 0.365 e. The lowest BCUT2D eigenvalue weighted by atomic mass is 10.1. The van der Waals surface area contributed by atoms with Gasteiger partial charge < -0.3 is 10.2 Å². The number of aromatic nitrogens is 2. The highest BCUT2D eigenvalue weighted by Crippen LogP contribution is 2.24. The third-order valence-electron chi connectivity index (χ3n) is 3.34. The van der Waals surface area contributed by atoms with Crippen LogP contribution in [0.1, 0.15) is 18.7 Å². The quantitative estimate of drug-likeness (QED) is 0.680. The topological polar surface area (TPSA) is 58.1 Å². The summed E-state index contributed by atoms with van der Waals surface area (Å²) in [7, 11) is 0. The van der Waals surface area contributed by atoms with Crippen LogP contribution in [-0.4, -0.2) is 46.2 Å². The lowest BCUT2D eigenvalue weighted by molar-refractivity contribution is -0.127. The number of carbonyl (C=O) groups is 1. The fourth-order valence-corrected chi connectivity index (χ4v) is 2.79. The Labute approximate surface area is 123 Å². The molecule has 5 nitrogen and oxygen atoms in total. The number of likely N-dealkylation sites (tertiary alicyclic amines) is 1. The van der Waals surface area contributed by atoms with Gasteiger partial charge in [-0.2, -0.15) is 0 Å². The highest BCUT2D eigenvalue weighted by atomic mass is 32.2. The first kappa shape index (κ1) is 14.8. The number of rotatable bonds is 4. The molecular formula is C14H20N4OS. The van der Waals surface area contributed by atoms with Crippen molar-refractivity contribution in [1.82, 2.24) is 14.9 Å². The number of nitrogens with zero attached hydrogens (tertiary/aromatic N) is 3. The van der Waals surface area contributed by atoms with E-state index in [0.29, 0.717) is 6.54 Å². The molecule has 0 radical (unpaired) electrons. The fourth-order valence-electron chi connectivity index (χ4n) is 2.33. The molecule has 1 N–H and O–H groups in total. The molecule has 1 fully saturated rings. The molecule has 0 aromatic carbocycles. The summed E-state index contributed by atoms with van der Waals surface area (Å²) in [5.74, 6) is 1.61. The van der Waals surface area contributed by atoms with Crippen LogP contribution in [0.2, 0.25) is 0 Å². The van der Waals surface area contributed by atoms with Crippen molar-refractivity contribution in [1.29, 1.82) is 0 Å². The number of aryl methyl sites for hydroxylation is 1. The van der Waals surface area contributed by atoms with Crippen LogP contribution in [0.15, 0.2) is 23.7 Å². The predicted molar refractivity (Wildman–Crippen MR) is 82.0 cm³/mol. The van der Waals surface area contributed by atoms with Gasteiger partial charge in [-0.3, -0.25) is 4.79 Å². The first-order valence-corrected chi connectivity index (χ1v) is 7.92. The molecule has 0 bridgehead atoms. The van der Waals surface area contributed by atoms with Gasteiger partial charge in [0.2, 0.25) is 5.91 Å². The number of hydrogen-bond acceptors (Lipinski definition) is 5. The van der Waals surface area contributed by atoms with E-state index in [1.54, 1.807) is 11.8 Å². The summed E-state index contributed by atoms with van der Waals surface area (Å²) >= 11 is 1.62. The van der Waals surface area contributed by atoms with Crippen molar-refractivity contribution >= 4 is 23.5 Å². The van der Waals surface area contributed by atoms with Gasteiger partial charge in [0.05, 0.1) is 4.90 Å². The SMILES string of the molecule is C=CC(=O)N1CCC[C@@H](Nc2nc(C)ncc2SC)C1. The Balaban J connectivity index is 2.07. The van der Waals surface area contributed by atoms with Gasteiger partial charge in [-0.25, -0.2) is 9.97 Å². The monoisotopic (exact) mass is 292 g/mol. The van der Waals surface area contributed by atoms with Crippen molar-refractivity contribution in [2.75, 3.05) is 24.7 Å². The molecule has 1 saturated heterocycles. The zero-order valence-electron chi connectivity index (χ0n) is 11.9. The Kier molecular flexibility index (Phi) is 5.00. The van der Waals surface area contributed by atoms with Crippen molar-refractivity contribution in [2.24, 2.45) is 0 Å². The van der Waals surface area contributed by atoms with Gasteiger partial charge in [-0.05, 0) is 32.1 Å². The number of thioether (sulfide) groups is 1. The van der Waals surface area contributed by atoms with Crippen LogP contribution in [0.4, 0.5) is 5.82 Å². The molecular weight excluding hydrogens is 272 g/mol. The van der Waals surface area contributed by atoms with Crippen LogP contribution < -0.4 is 5.32 Å². The van der Waals surface area contributed by atoms with Crippen molar-refractivity contribution in [2.45, 2.75) is 30.7 Å². The number of anilines is 1. The molecule has 0 aliphatic carbocycles. The number of piperidine rings is 1. The molecule has 6 heteroatoms. The average molecular weight is 292 g/mol. The van der Waals surface area contributed by atoms with Crippen LogP contribution >= 0.6 is 11.8 Å². The molecule has 0 saturated carbocycles. The maximum Gasteiger partial charge on any atom is 0.246 e. The summed E-state index contributed by atoms with van der Waals surface area (Å²) in [6.45, 7) is 6.93. The summed E-state index contributed by atoms with van der Waals surface area (Å²) in [5.41, 5.74) is 0. The van der Waals surface area contributed by atoms with Gasteiger partial charge in [0.25, 0.3) is 0 Å². The zero-order chi connectivity index (χ0) is 14.5. The van der Waals surface area contributed by atoms with E-state index in [1.807, 2.05) is 24.3 Å². The van der Waals surface area contributed by atoms with E-state index in [1.165, 1.54) is 6.08 Å². The first-order valence-electron chi connectivity index (χ1n) is 6.69. The Morgan fingerprint density at radius 2 is 2.45 bits per heavy atom. The van der Waals surface area contributed by atoms with E-state index in [2.05, 4.69) is 21.9 Å². The minimum atomic E-state index is 0.000424. The first-order chi connectivity index (χ1) is 9.63. The van der Waals surface area contributed by atoms with Crippen molar-refractivity contribution < 1.29 is 4.79 Å². The Hall–Kier alpha value is -1.56. The summed E-state index contributed by atoms with van der Waals surface area (Å²) in [4.78, 5) is 23.2. The van der Waals surface area contributed by atoms with Crippen LogP contribution in [-0.2, 0) is 4.79 Å². The van der Waals surface area contributed by atoms with Gasteiger partial charge in [0.1, 0.15) is 11.6 Å². The molecule has 20 heavy (non-hydrogen) atoms. The molecule has 2 heterocycles. The lowest BCUT2D eigenvalue weighted by Gasteiger charge is -2.33. The maximum atomic E-state index is 11.7. The molecule has 1 aromatic rings. The van der Waals surface area contributed by atoms with Gasteiger partial charge in [-0.1, -0.05) is 6.58 Å². The second kappa shape index (κ2) is 6.74. The van der Waals surface area contributed by atoms with Crippen LogP contribution in [0.5, 0.6) is 0 Å². The normalized spacial score (nSPS) is 18.7. The third kappa shape index (κ3) is 3.50. The summed E-state index contributed by atoms with van der Waals surface area (Å²) in [6.07, 6.45) is 7.26. The minimum absolute atomic E-state index is 0.000424. The molecule has 0 unspecified atom stereocenters. The third-order valence-corrected chi connectivity index (χ3v) is 4.08. The number of nitrogens with one attached hydrogen (secondary N) is 1. The smallest absolute Gasteiger partial charge is 0.246 e.